The minimum atomic E-state index is 0.568. The fourth-order valence-corrected chi connectivity index (χ4v) is 4.80. The van der Waals surface area contributed by atoms with Crippen molar-refractivity contribution in [2.75, 3.05) is 25.5 Å². The second-order valence-corrected chi connectivity index (χ2v) is 8.68. The molecule has 2 N–H and O–H groups in total. The number of nitrogens with zero attached hydrogens (tertiary/aromatic N) is 3. The molecule has 2 aromatic heterocycles. The van der Waals surface area contributed by atoms with E-state index in [1.54, 1.807) is 0 Å². The van der Waals surface area contributed by atoms with Crippen molar-refractivity contribution in [3.05, 3.63) is 55.1 Å². The third-order valence-electron chi connectivity index (χ3n) is 6.74. The van der Waals surface area contributed by atoms with Crippen molar-refractivity contribution in [1.82, 2.24) is 20.1 Å². The Kier molecular flexibility index (Phi) is 4.20. The number of nitrogens with one attached hydrogen (secondary N) is 2. The highest BCUT2D eigenvalue weighted by molar-refractivity contribution is 5.88. The lowest BCUT2D eigenvalue weighted by molar-refractivity contribution is 0.00833. The topological polar surface area (TPSA) is 56.8 Å². The van der Waals surface area contributed by atoms with Crippen LogP contribution in [0.15, 0.2) is 55.1 Å². The zero-order valence-electron chi connectivity index (χ0n) is 16.4. The molecule has 1 aliphatic carbocycles. The monoisotopic (exact) mass is 373 g/mol. The molecule has 1 aliphatic heterocycles. The van der Waals surface area contributed by atoms with Crippen molar-refractivity contribution in [1.29, 1.82) is 0 Å². The zero-order valence-corrected chi connectivity index (χ0v) is 16.4. The van der Waals surface area contributed by atoms with Crippen LogP contribution in [0.1, 0.15) is 25.7 Å². The van der Waals surface area contributed by atoms with E-state index in [1.165, 1.54) is 44.2 Å². The molecule has 28 heavy (non-hydrogen) atoms. The molecule has 1 saturated heterocycles. The molecule has 5 nitrogen and oxygen atoms in total. The van der Waals surface area contributed by atoms with Crippen LogP contribution >= 0.6 is 0 Å². The predicted octanol–water partition coefficient (Wildman–Crippen LogP) is 4.67. The number of hydrogen-bond donors (Lipinski definition) is 2. The molecular weight excluding hydrogens is 346 g/mol. The number of aromatic nitrogens is 3. The molecule has 0 atom stereocenters. The van der Waals surface area contributed by atoms with Gasteiger partial charge in [-0.05, 0) is 80.2 Å². The number of H-pyrrole nitrogens is 1. The summed E-state index contributed by atoms with van der Waals surface area (Å²) in [5.74, 6) is 1.45. The SMILES string of the molecule is C=C(Nc1cc2cc(-c3cn[nH]c3)ccc2cn1)C1CC2(CCN(C)CC2)C1. The summed E-state index contributed by atoms with van der Waals surface area (Å²) in [5, 5.41) is 12.7. The minimum Gasteiger partial charge on any atom is -0.344 e. The lowest BCUT2D eigenvalue weighted by atomic mass is 9.57. The largest absolute Gasteiger partial charge is 0.344 e. The Morgan fingerprint density at radius 3 is 2.71 bits per heavy atom. The van der Waals surface area contributed by atoms with E-state index >= 15 is 0 Å². The Hall–Kier alpha value is -2.66. The fraction of sp³-hybridized carbons (Fsp3) is 0.391. The molecule has 0 amide bonds. The lowest BCUT2D eigenvalue weighted by Gasteiger charge is -2.52. The van der Waals surface area contributed by atoms with Crippen LogP contribution in [0.2, 0.25) is 0 Å². The van der Waals surface area contributed by atoms with Gasteiger partial charge in [0.05, 0.1) is 6.20 Å². The molecular formula is C23H27N5. The van der Waals surface area contributed by atoms with Crippen molar-refractivity contribution < 1.29 is 0 Å². The van der Waals surface area contributed by atoms with E-state index in [0.717, 1.165) is 28.0 Å². The summed E-state index contributed by atoms with van der Waals surface area (Å²) in [5.41, 5.74) is 3.93. The van der Waals surface area contributed by atoms with Crippen LogP contribution in [-0.4, -0.2) is 40.2 Å². The molecule has 0 bridgehead atoms. The van der Waals surface area contributed by atoms with Gasteiger partial charge in [-0.1, -0.05) is 18.7 Å². The van der Waals surface area contributed by atoms with Crippen molar-refractivity contribution in [3.8, 4) is 11.1 Å². The van der Waals surface area contributed by atoms with Crippen LogP contribution in [0.4, 0.5) is 5.82 Å². The number of piperidine rings is 1. The van der Waals surface area contributed by atoms with E-state index < -0.39 is 0 Å². The number of likely N-dealkylation sites (tertiary alicyclic amines) is 1. The van der Waals surface area contributed by atoms with Gasteiger partial charge in [0, 0.05) is 29.0 Å². The van der Waals surface area contributed by atoms with Crippen molar-refractivity contribution >= 4 is 16.6 Å². The first-order valence-corrected chi connectivity index (χ1v) is 10.1. The molecule has 0 radical (unpaired) electrons. The zero-order chi connectivity index (χ0) is 19.1. The molecule has 1 spiro atoms. The third-order valence-corrected chi connectivity index (χ3v) is 6.74. The number of benzene rings is 1. The Labute approximate surface area is 165 Å². The van der Waals surface area contributed by atoms with Crippen LogP contribution in [0.25, 0.3) is 21.9 Å². The highest BCUT2D eigenvalue weighted by Gasteiger charge is 2.46. The second kappa shape index (κ2) is 6.74. The maximum atomic E-state index is 4.60. The quantitative estimate of drug-likeness (QED) is 0.698. The summed E-state index contributed by atoms with van der Waals surface area (Å²) in [6.45, 7) is 6.80. The Morgan fingerprint density at radius 2 is 1.96 bits per heavy atom. The van der Waals surface area contributed by atoms with Crippen LogP contribution in [-0.2, 0) is 0 Å². The molecule has 3 aromatic rings. The average Bonchev–Trinajstić information content (AvgIpc) is 3.21. The van der Waals surface area contributed by atoms with Crippen LogP contribution < -0.4 is 5.32 Å². The number of anilines is 1. The predicted molar refractivity (Wildman–Crippen MR) is 114 cm³/mol. The van der Waals surface area contributed by atoms with E-state index in [2.05, 4.69) is 63.3 Å². The van der Waals surface area contributed by atoms with Gasteiger partial charge < -0.3 is 10.2 Å². The number of aromatic amines is 1. The van der Waals surface area contributed by atoms with Gasteiger partial charge in [-0.25, -0.2) is 4.98 Å². The molecule has 0 unspecified atom stereocenters. The lowest BCUT2D eigenvalue weighted by Crippen LogP contribution is -2.46. The first-order chi connectivity index (χ1) is 13.6. The fourth-order valence-electron chi connectivity index (χ4n) is 4.80. The number of fused-ring (bicyclic) bond motifs is 1. The number of hydrogen-bond acceptors (Lipinski definition) is 4. The highest BCUT2D eigenvalue weighted by atomic mass is 15.1. The van der Waals surface area contributed by atoms with Gasteiger partial charge in [-0.3, -0.25) is 5.10 Å². The highest BCUT2D eigenvalue weighted by Crippen LogP contribution is 2.54. The van der Waals surface area contributed by atoms with Crippen molar-refractivity contribution in [3.63, 3.8) is 0 Å². The third kappa shape index (κ3) is 3.20. The van der Waals surface area contributed by atoms with E-state index in [1.807, 2.05) is 18.6 Å². The molecule has 1 aromatic carbocycles. The van der Waals surface area contributed by atoms with Crippen LogP contribution in [0, 0.1) is 11.3 Å². The molecule has 2 fully saturated rings. The van der Waals surface area contributed by atoms with Gasteiger partial charge >= 0.3 is 0 Å². The summed E-state index contributed by atoms with van der Waals surface area (Å²) in [7, 11) is 2.23. The normalized spacial score (nSPS) is 19.6. The summed E-state index contributed by atoms with van der Waals surface area (Å²) in [4.78, 5) is 7.04. The van der Waals surface area contributed by atoms with Gasteiger partial charge in [0.1, 0.15) is 5.82 Å². The van der Waals surface area contributed by atoms with Gasteiger partial charge in [0.25, 0.3) is 0 Å². The van der Waals surface area contributed by atoms with Gasteiger partial charge in [-0.2, -0.15) is 5.10 Å². The van der Waals surface area contributed by atoms with Crippen molar-refractivity contribution in [2.45, 2.75) is 25.7 Å². The molecule has 144 valence electrons. The Bertz CT molecular complexity index is 991. The smallest absolute Gasteiger partial charge is 0.130 e. The maximum Gasteiger partial charge on any atom is 0.130 e. The number of pyridine rings is 1. The van der Waals surface area contributed by atoms with E-state index in [9.17, 15) is 0 Å². The van der Waals surface area contributed by atoms with E-state index in [4.69, 9.17) is 0 Å². The van der Waals surface area contributed by atoms with Crippen LogP contribution in [0.5, 0.6) is 0 Å². The molecule has 5 heteroatoms. The number of allylic oxidation sites excluding steroid dienone is 1. The molecule has 2 aliphatic rings. The summed E-state index contributed by atoms with van der Waals surface area (Å²) in [6.07, 6.45) is 10.9. The Morgan fingerprint density at radius 1 is 1.14 bits per heavy atom. The van der Waals surface area contributed by atoms with Crippen LogP contribution in [0.3, 0.4) is 0 Å². The molecule has 3 heterocycles. The second-order valence-electron chi connectivity index (χ2n) is 8.68. The van der Waals surface area contributed by atoms with Gasteiger partial charge in [0.2, 0.25) is 0 Å². The van der Waals surface area contributed by atoms with E-state index in [0.29, 0.717) is 11.3 Å². The van der Waals surface area contributed by atoms with E-state index in [-0.39, 0.29) is 0 Å². The maximum absolute atomic E-state index is 4.60. The van der Waals surface area contributed by atoms with Gasteiger partial charge in [0.15, 0.2) is 0 Å². The molecule has 5 rings (SSSR count). The minimum absolute atomic E-state index is 0.568. The van der Waals surface area contributed by atoms with Gasteiger partial charge in [-0.15, -0.1) is 0 Å². The summed E-state index contributed by atoms with van der Waals surface area (Å²) >= 11 is 0. The standard InChI is InChI=1S/C23H27N5/c1-16(20-11-23(12-20)5-7-28(2)8-6-23)27-22-10-19-9-17(21-14-25-26-15-21)3-4-18(19)13-24-22/h3-4,9-10,13-15,20H,1,5-8,11-12H2,2H3,(H,24,27)(H,25,26). The summed E-state index contributed by atoms with van der Waals surface area (Å²) in [6, 6.07) is 8.52. The average molecular weight is 374 g/mol. The molecule has 1 saturated carbocycles. The summed E-state index contributed by atoms with van der Waals surface area (Å²) < 4.78 is 0. The number of rotatable bonds is 4. The first-order valence-electron chi connectivity index (χ1n) is 10.1. The first kappa shape index (κ1) is 17.4. The Balaban J connectivity index is 1.28. The van der Waals surface area contributed by atoms with Crippen molar-refractivity contribution in [2.24, 2.45) is 11.3 Å².